The molecule has 0 saturated carbocycles. The van der Waals surface area contributed by atoms with E-state index in [4.69, 9.17) is 0 Å². The van der Waals surface area contributed by atoms with Gasteiger partial charge < -0.3 is 10.2 Å². The summed E-state index contributed by atoms with van der Waals surface area (Å²) >= 11 is 0. The van der Waals surface area contributed by atoms with Crippen LogP contribution in [-0.4, -0.2) is 41.4 Å². The highest BCUT2D eigenvalue weighted by Crippen LogP contribution is 2.04. The second-order valence-corrected chi connectivity index (χ2v) is 4.63. The van der Waals surface area contributed by atoms with Crippen LogP contribution in [0.4, 0.5) is 0 Å². The Morgan fingerprint density at radius 3 is 2.88 bits per heavy atom. The Kier molecular flexibility index (Phi) is 5.49. The van der Waals surface area contributed by atoms with Crippen molar-refractivity contribution in [3.05, 3.63) is 18.0 Å². The Morgan fingerprint density at radius 2 is 2.31 bits per heavy atom. The predicted octanol–water partition coefficient (Wildman–Crippen LogP) is 1.10. The molecule has 1 heterocycles. The molecule has 0 amide bonds. The molecule has 16 heavy (non-hydrogen) atoms. The summed E-state index contributed by atoms with van der Waals surface area (Å²) in [6.07, 6.45) is 4.01. The van der Waals surface area contributed by atoms with Crippen LogP contribution in [0.2, 0.25) is 0 Å². The van der Waals surface area contributed by atoms with Crippen LogP contribution in [0.3, 0.4) is 0 Å². The standard InChI is InChI=1S/C12H24N4/c1-5-13-6-11(2)8-15(3)9-12-7-14-16(4)10-12/h7,10-11,13H,5-6,8-9H2,1-4H3. The first-order valence-electron chi connectivity index (χ1n) is 5.98. The Hall–Kier alpha value is -0.870. The number of hydrogen-bond acceptors (Lipinski definition) is 3. The fraction of sp³-hybridized carbons (Fsp3) is 0.750. The average molecular weight is 224 g/mol. The number of nitrogens with zero attached hydrogens (tertiary/aromatic N) is 3. The van der Waals surface area contributed by atoms with Gasteiger partial charge in [-0.15, -0.1) is 0 Å². The van der Waals surface area contributed by atoms with Gasteiger partial charge in [-0.2, -0.15) is 5.10 Å². The van der Waals surface area contributed by atoms with E-state index in [1.165, 1.54) is 5.56 Å². The maximum absolute atomic E-state index is 4.18. The van der Waals surface area contributed by atoms with Gasteiger partial charge in [0.15, 0.2) is 0 Å². The molecular weight excluding hydrogens is 200 g/mol. The van der Waals surface area contributed by atoms with E-state index in [-0.39, 0.29) is 0 Å². The first-order valence-corrected chi connectivity index (χ1v) is 5.98. The fourth-order valence-electron chi connectivity index (χ4n) is 1.92. The third-order valence-corrected chi connectivity index (χ3v) is 2.58. The van der Waals surface area contributed by atoms with Crippen molar-refractivity contribution in [3.8, 4) is 0 Å². The van der Waals surface area contributed by atoms with Crippen molar-refractivity contribution in [1.29, 1.82) is 0 Å². The van der Waals surface area contributed by atoms with Gasteiger partial charge in [0.05, 0.1) is 6.20 Å². The normalized spacial score (nSPS) is 13.3. The van der Waals surface area contributed by atoms with E-state index >= 15 is 0 Å². The molecule has 1 aromatic rings. The summed E-state index contributed by atoms with van der Waals surface area (Å²) in [4.78, 5) is 2.35. The Balaban J connectivity index is 2.27. The summed E-state index contributed by atoms with van der Waals surface area (Å²) in [5.41, 5.74) is 1.28. The number of rotatable bonds is 7. The highest BCUT2D eigenvalue weighted by molar-refractivity contribution is 5.02. The van der Waals surface area contributed by atoms with Crippen molar-refractivity contribution in [3.63, 3.8) is 0 Å². The van der Waals surface area contributed by atoms with Gasteiger partial charge in [0.25, 0.3) is 0 Å². The van der Waals surface area contributed by atoms with Crippen molar-refractivity contribution in [2.24, 2.45) is 13.0 Å². The summed E-state index contributed by atoms with van der Waals surface area (Å²) in [6.45, 7) is 8.66. The molecule has 1 rings (SSSR count). The molecule has 0 aliphatic carbocycles. The highest BCUT2D eigenvalue weighted by atomic mass is 15.2. The molecule has 4 heteroatoms. The highest BCUT2D eigenvalue weighted by Gasteiger charge is 2.07. The number of hydrogen-bond donors (Lipinski definition) is 1. The average Bonchev–Trinajstić information content (AvgIpc) is 2.60. The van der Waals surface area contributed by atoms with Crippen molar-refractivity contribution in [2.75, 3.05) is 26.7 Å². The minimum absolute atomic E-state index is 0.682. The summed E-state index contributed by atoms with van der Waals surface area (Å²) in [6, 6.07) is 0. The van der Waals surface area contributed by atoms with E-state index in [1.807, 2.05) is 17.9 Å². The molecule has 0 spiro atoms. The quantitative estimate of drug-likeness (QED) is 0.753. The molecule has 0 fully saturated rings. The summed E-state index contributed by atoms with van der Waals surface area (Å²) in [7, 11) is 4.12. The van der Waals surface area contributed by atoms with E-state index in [0.29, 0.717) is 5.92 Å². The molecule has 0 aromatic carbocycles. The molecule has 4 nitrogen and oxygen atoms in total. The SMILES string of the molecule is CCNCC(C)CN(C)Cc1cnn(C)c1. The van der Waals surface area contributed by atoms with E-state index in [2.05, 4.69) is 42.4 Å². The maximum Gasteiger partial charge on any atom is 0.0534 e. The Morgan fingerprint density at radius 1 is 1.56 bits per heavy atom. The van der Waals surface area contributed by atoms with Gasteiger partial charge in [-0.25, -0.2) is 0 Å². The molecule has 1 aromatic heterocycles. The molecule has 0 bridgehead atoms. The molecular formula is C12H24N4. The van der Waals surface area contributed by atoms with Gasteiger partial charge >= 0.3 is 0 Å². The lowest BCUT2D eigenvalue weighted by Gasteiger charge is -2.20. The molecule has 0 aliphatic heterocycles. The molecule has 0 saturated heterocycles. The van der Waals surface area contributed by atoms with Gasteiger partial charge in [-0.1, -0.05) is 13.8 Å². The maximum atomic E-state index is 4.18. The van der Waals surface area contributed by atoms with Crippen LogP contribution in [0.25, 0.3) is 0 Å². The van der Waals surface area contributed by atoms with Crippen LogP contribution in [0.5, 0.6) is 0 Å². The molecule has 92 valence electrons. The van der Waals surface area contributed by atoms with Crippen LogP contribution in [0.1, 0.15) is 19.4 Å². The fourth-order valence-corrected chi connectivity index (χ4v) is 1.92. The van der Waals surface area contributed by atoms with Gasteiger partial charge in [-0.3, -0.25) is 4.68 Å². The zero-order chi connectivity index (χ0) is 12.0. The monoisotopic (exact) mass is 224 g/mol. The number of aromatic nitrogens is 2. The second kappa shape index (κ2) is 6.66. The van der Waals surface area contributed by atoms with Crippen molar-refractivity contribution in [1.82, 2.24) is 20.0 Å². The lowest BCUT2D eigenvalue weighted by molar-refractivity contribution is 0.275. The molecule has 0 aliphatic rings. The molecule has 1 unspecified atom stereocenters. The van der Waals surface area contributed by atoms with Gasteiger partial charge in [-0.05, 0) is 26.1 Å². The van der Waals surface area contributed by atoms with Gasteiger partial charge in [0.1, 0.15) is 0 Å². The van der Waals surface area contributed by atoms with Crippen LogP contribution in [-0.2, 0) is 13.6 Å². The first kappa shape index (κ1) is 13.2. The van der Waals surface area contributed by atoms with E-state index in [0.717, 1.165) is 26.2 Å². The first-order chi connectivity index (χ1) is 7.61. The lowest BCUT2D eigenvalue weighted by atomic mass is 10.1. The third kappa shape index (κ3) is 4.77. The minimum atomic E-state index is 0.682. The van der Waals surface area contributed by atoms with E-state index < -0.39 is 0 Å². The topological polar surface area (TPSA) is 33.1 Å². The molecule has 1 atom stereocenters. The van der Waals surface area contributed by atoms with Crippen molar-refractivity contribution >= 4 is 0 Å². The van der Waals surface area contributed by atoms with Crippen LogP contribution < -0.4 is 5.32 Å². The van der Waals surface area contributed by atoms with Crippen molar-refractivity contribution < 1.29 is 0 Å². The minimum Gasteiger partial charge on any atom is -0.317 e. The Labute approximate surface area is 98.6 Å². The van der Waals surface area contributed by atoms with Gasteiger partial charge in [0.2, 0.25) is 0 Å². The zero-order valence-corrected chi connectivity index (χ0v) is 10.9. The third-order valence-electron chi connectivity index (χ3n) is 2.58. The zero-order valence-electron chi connectivity index (χ0n) is 10.9. The number of nitrogens with one attached hydrogen (secondary N) is 1. The second-order valence-electron chi connectivity index (χ2n) is 4.63. The summed E-state index contributed by atoms with van der Waals surface area (Å²) in [5, 5.41) is 7.55. The van der Waals surface area contributed by atoms with Crippen molar-refractivity contribution in [2.45, 2.75) is 20.4 Å². The summed E-state index contributed by atoms with van der Waals surface area (Å²) < 4.78 is 1.85. The smallest absolute Gasteiger partial charge is 0.0534 e. The van der Waals surface area contributed by atoms with Crippen LogP contribution in [0.15, 0.2) is 12.4 Å². The molecule has 1 N–H and O–H groups in total. The van der Waals surface area contributed by atoms with Crippen LogP contribution in [0, 0.1) is 5.92 Å². The molecule has 0 radical (unpaired) electrons. The largest absolute Gasteiger partial charge is 0.317 e. The van der Waals surface area contributed by atoms with Crippen LogP contribution >= 0.6 is 0 Å². The summed E-state index contributed by atoms with van der Waals surface area (Å²) in [5.74, 6) is 0.682. The predicted molar refractivity (Wildman–Crippen MR) is 67.2 cm³/mol. The number of aryl methyl sites for hydroxylation is 1. The van der Waals surface area contributed by atoms with Gasteiger partial charge in [0, 0.05) is 31.9 Å². The van der Waals surface area contributed by atoms with E-state index in [1.54, 1.807) is 0 Å². The Bertz CT molecular complexity index is 295. The lowest BCUT2D eigenvalue weighted by Crippen LogP contribution is -2.30. The van der Waals surface area contributed by atoms with E-state index in [9.17, 15) is 0 Å².